The molecule has 0 spiro atoms. The lowest BCUT2D eigenvalue weighted by Gasteiger charge is -2.45. The molecule has 174 valence electrons. The van der Waals surface area contributed by atoms with Crippen LogP contribution >= 0.6 is 0 Å². The molecule has 0 radical (unpaired) electrons. The zero-order valence-electron chi connectivity index (χ0n) is 19.0. The number of carbonyl (C=O) groups is 2. The standard InChI is InChI=1S/C27H25FN2O4/c1-33-22-13-17-11-12-30-25(21(17)14-23(22)34-2)24(19-5-3-4-6-20(19)27(30)32)26(31)29-15-16-7-9-18(28)10-8-16/h3-10,13-14,24-25H,11-12,15H2,1-2H3,(H,29,31). The van der Waals surface area contributed by atoms with E-state index in [1.807, 2.05) is 30.3 Å². The highest BCUT2D eigenvalue weighted by Gasteiger charge is 2.46. The van der Waals surface area contributed by atoms with Gasteiger partial charge in [0.15, 0.2) is 11.5 Å². The summed E-state index contributed by atoms with van der Waals surface area (Å²) in [6.07, 6.45) is 0.657. The Balaban J connectivity index is 1.57. The predicted molar refractivity (Wildman–Crippen MR) is 124 cm³/mol. The second-order valence-corrected chi connectivity index (χ2v) is 8.51. The van der Waals surface area contributed by atoms with Gasteiger partial charge < -0.3 is 19.7 Å². The normalized spacial score (nSPS) is 18.4. The molecule has 2 aliphatic heterocycles. The summed E-state index contributed by atoms with van der Waals surface area (Å²) in [6.45, 7) is 0.763. The highest BCUT2D eigenvalue weighted by molar-refractivity contribution is 6.01. The number of nitrogens with one attached hydrogen (secondary N) is 1. The van der Waals surface area contributed by atoms with Crippen molar-refractivity contribution in [3.63, 3.8) is 0 Å². The Morgan fingerprint density at radius 3 is 2.47 bits per heavy atom. The lowest BCUT2D eigenvalue weighted by atomic mass is 9.75. The lowest BCUT2D eigenvalue weighted by Crippen LogP contribution is -2.50. The van der Waals surface area contributed by atoms with Crippen molar-refractivity contribution in [2.45, 2.75) is 24.9 Å². The first kappa shape index (κ1) is 21.9. The molecule has 5 rings (SSSR count). The van der Waals surface area contributed by atoms with E-state index in [1.54, 1.807) is 37.3 Å². The molecule has 0 fully saturated rings. The van der Waals surface area contributed by atoms with E-state index in [9.17, 15) is 14.0 Å². The van der Waals surface area contributed by atoms with E-state index in [4.69, 9.17) is 9.47 Å². The molecular formula is C27H25FN2O4. The molecule has 0 bridgehead atoms. The molecule has 2 aliphatic rings. The maximum absolute atomic E-state index is 13.7. The van der Waals surface area contributed by atoms with E-state index in [-0.39, 0.29) is 24.2 Å². The van der Waals surface area contributed by atoms with Gasteiger partial charge in [-0.05, 0) is 59.0 Å². The van der Waals surface area contributed by atoms with Crippen LogP contribution in [0.15, 0.2) is 60.7 Å². The summed E-state index contributed by atoms with van der Waals surface area (Å²) in [5.41, 5.74) is 3.95. The third-order valence-electron chi connectivity index (χ3n) is 6.69. The number of hydrogen-bond donors (Lipinski definition) is 1. The summed E-state index contributed by atoms with van der Waals surface area (Å²) in [7, 11) is 3.16. The quantitative estimate of drug-likeness (QED) is 0.625. The fourth-order valence-corrected chi connectivity index (χ4v) is 5.04. The van der Waals surface area contributed by atoms with Crippen molar-refractivity contribution < 1.29 is 23.5 Å². The zero-order valence-corrected chi connectivity index (χ0v) is 19.0. The summed E-state index contributed by atoms with van der Waals surface area (Å²) in [4.78, 5) is 28.9. The maximum Gasteiger partial charge on any atom is 0.254 e. The number of nitrogens with zero attached hydrogens (tertiary/aromatic N) is 1. The first-order valence-corrected chi connectivity index (χ1v) is 11.2. The molecule has 2 amide bonds. The van der Waals surface area contributed by atoms with Crippen molar-refractivity contribution in [2.24, 2.45) is 0 Å². The average molecular weight is 461 g/mol. The Bertz CT molecular complexity index is 1260. The van der Waals surface area contributed by atoms with Gasteiger partial charge in [0.1, 0.15) is 5.82 Å². The third kappa shape index (κ3) is 3.67. The summed E-state index contributed by atoms with van der Waals surface area (Å²) < 4.78 is 24.3. The molecule has 2 atom stereocenters. The fraction of sp³-hybridized carbons (Fsp3) is 0.259. The van der Waals surface area contributed by atoms with Crippen LogP contribution in [0.3, 0.4) is 0 Å². The average Bonchev–Trinajstić information content (AvgIpc) is 2.87. The Morgan fingerprint density at radius 1 is 1.03 bits per heavy atom. The number of ether oxygens (including phenoxy) is 2. The van der Waals surface area contributed by atoms with Crippen molar-refractivity contribution in [3.05, 3.63) is 94.3 Å². The zero-order chi connectivity index (χ0) is 23.8. The van der Waals surface area contributed by atoms with Crippen LogP contribution in [-0.2, 0) is 17.8 Å². The van der Waals surface area contributed by atoms with Crippen LogP contribution in [0.2, 0.25) is 0 Å². The largest absolute Gasteiger partial charge is 0.493 e. The van der Waals surface area contributed by atoms with E-state index in [2.05, 4.69) is 5.32 Å². The van der Waals surface area contributed by atoms with Crippen molar-refractivity contribution in [1.82, 2.24) is 10.2 Å². The molecule has 1 N–H and O–H groups in total. The Kier molecular flexibility index (Phi) is 5.69. The molecule has 0 aromatic heterocycles. The lowest BCUT2D eigenvalue weighted by molar-refractivity contribution is -0.124. The van der Waals surface area contributed by atoms with Crippen LogP contribution in [0.4, 0.5) is 4.39 Å². The Hall–Kier alpha value is -3.87. The number of rotatable bonds is 5. The SMILES string of the molecule is COc1cc2c(cc1OC)C1C(C(=O)NCc3ccc(F)cc3)c3ccccc3C(=O)N1CC2. The molecule has 7 heteroatoms. The van der Waals surface area contributed by atoms with Gasteiger partial charge in [-0.2, -0.15) is 0 Å². The topological polar surface area (TPSA) is 67.9 Å². The molecule has 0 saturated heterocycles. The van der Waals surface area contributed by atoms with E-state index < -0.39 is 12.0 Å². The van der Waals surface area contributed by atoms with Gasteiger partial charge in [-0.1, -0.05) is 30.3 Å². The maximum atomic E-state index is 13.7. The second kappa shape index (κ2) is 8.82. The molecule has 6 nitrogen and oxygen atoms in total. The number of carbonyl (C=O) groups excluding carboxylic acids is 2. The molecule has 3 aromatic carbocycles. The highest BCUT2D eigenvalue weighted by atomic mass is 19.1. The monoisotopic (exact) mass is 460 g/mol. The smallest absolute Gasteiger partial charge is 0.254 e. The Morgan fingerprint density at radius 2 is 1.74 bits per heavy atom. The second-order valence-electron chi connectivity index (χ2n) is 8.51. The predicted octanol–water partition coefficient (Wildman–Crippen LogP) is 4.00. The third-order valence-corrected chi connectivity index (χ3v) is 6.69. The number of halogens is 1. The number of fused-ring (bicyclic) bond motifs is 4. The fourth-order valence-electron chi connectivity index (χ4n) is 5.04. The van der Waals surface area contributed by atoms with E-state index in [1.165, 1.54) is 12.1 Å². The highest BCUT2D eigenvalue weighted by Crippen LogP contribution is 2.48. The van der Waals surface area contributed by atoms with Gasteiger partial charge >= 0.3 is 0 Å². The number of hydrogen-bond acceptors (Lipinski definition) is 4. The molecule has 0 aliphatic carbocycles. The van der Waals surface area contributed by atoms with Crippen molar-refractivity contribution in [1.29, 1.82) is 0 Å². The van der Waals surface area contributed by atoms with Crippen LogP contribution in [0.25, 0.3) is 0 Å². The minimum absolute atomic E-state index is 0.0800. The molecule has 2 unspecified atom stereocenters. The minimum atomic E-state index is -0.605. The van der Waals surface area contributed by atoms with Gasteiger partial charge in [-0.3, -0.25) is 9.59 Å². The van der Waals surface area contributed by atoms with Crippen LogP contribution < -0.4 is 14.8 Å². The molecule has 2 heterocycles. The van der Waals surface area contributed by atoms with E-state index in [0.717, 1.165) is 16.7 Å². The van der Waals surface area contributed by atoms with Gasteiger partial charge in [-0.25, -0.2) is 4.39 Å². The van der Waals surface area contributed by atoms with Gasteiger partial charge in [0, 0.05) is 18.7 Å². The van der Waals surface area contributed by atoms with Gasteiger partial charge in [-0.15, -0.1) is 0 Å². The van der Waals surface area contributed by atoms with Crippen LogP contribution in [0.5, 0.6) is 11.5 Å². The van der Waals surface area contributed by atoms with Crippen LogP contribution in [0, 0.1) is 5.82 Å². The number of amides is 2. The molecule has 3 aromatic rings. The molecule has 34 heavy (non-hydrogen) atoms. The molecular weight excluding hydrogens is 435 g/mol. The Labute approximate surface area is 197 Å². The number of benzene rings is 3. The summed E-state index contributed by atoms with van der Waals surface area (Å²) >= 11 is 0. The van der Waals surface area contributed by atoms with Crippen molar-refractivity contribution >= 4 is 11.8 Å². The summed E-state index contributed by atoms with van der Waals surface area (Å²) in [5, 5.41) is 3.00. The number of methoxy groups -OCH3 is 2. The van der Waals surface area contributed by atoms with Crippen LogP contribution in [-0.4, -0.2) is 37.5 Å². The first-order valence-electron chi connectivity index (χ1n) is 11.2. The first-order chi connectivity index (χ1) is 16.5. The summed E-state index contributed by atoms with van der Waals surface area (Å²) in [5.74, 6) is -0.0277. The summed E-state index contributed by atoms with van der Waals surface area (Å²) in [6, 6.07) is 16.7. The van der Waals surface area contributed by atoms with E-state index >= 15 is 0 Å². The van der Waals surface area contributed by atoms with Crippen LogP contribution in [0.1, 0.15) is 44.6 Å². The molecule has 0 saturated carbocycles. The van der Waals surface area contributed by atoms with Crippen molar-refractivity contribution in [2.75, 3.05) is 20.8 Å². The van der Waals surface area contributed by atoms with Crippen molar-refractivity contribution in [3.8, 4) is 11.5 Å². The van der Waals surface area contributed by atoms with Gasteiger partial charge in [0.05, 0.1) is 26.2 Å². The van der Waals surface area contributed by atoms with Gasteiger partial charge in [0.2, 0.25) is 5.91 Å². The van der Waals surface area contributed by atoms with E-state index in [0.29, 0.717) is 35.6 Å². The minimum Gasteiger partial charge on any atom is -0.493 e. The van der Waals surface area contributed by atoms with Gasteiger partial charge in [0.25, 0.3) is 5.91 Å².